The van der Waals surface area contributed by atoms with E-state index in [1.54, 1.807) is 7.11 Å². The van der Waals surface area contributed by atoms with Crippen LogP contribution in [0.15, 0.2) is 52.1 Å². The number of methoxy groups -OCH3 is 1. The third-order valence-electron chi connectivity index (χ3n) is 3.72. The molecule has 1 aromatic heterocycles. The van der Waals surface area contributed by atoms with Gasteiger partial charge in [0.15, 0.2) is 0 Å². The summed E-state index contributed by atoms with van der Waals surface area (Å²) in [6.45, 7) is 3.95. The topological polar surface area (TPSA) is 77.2 Å². The second kappa shape index (κ2) is 8.05. The van der Waals surface area contributed by atoms with Crippen LogP contribution in [-0.2, 0) is 4.79 Å². The maximum absolute atomic E-state index is 12.2. The fourth-order valence-electron chi connectivity index (χ4n) is 2.32. The molecule has 0 spiro atoms. The van der Waals surface area contributed by atoms with E-state index in [1.165, 1.54) is 11.8 Å². The quantitative estimate of drug-likeness (QED) is 0.660. The third-order valence-corrected chi connectivity index (χ3v) is 4.54. The molecule has 1 amide bonds. The zero-order chi connectivity index (χ0) is 18.5. The van der Waals surface area contributed by atoms with Gasteiger partial charge in [0.2, 0.25) is 11.8 Å². The number of hydrogen-bond acceptors (Lipinski definition) is 6. The molecular weight excluding hydrogens is 350 g/mol. The van der Waals surface area contributed by atoms with Gasteiger partial charge in [-0.3, -0.25) is 4.79 Å². The highest BCUT2D eigenvalue weighted by molar-refractivity contribution is 7.99. The van der Waals surface area contributed by atoms with Gasteiger partial charge in [-0.05, 0) is 49.2 Å². The summed E-state index contributed by atoms with van der Waals surface area (Å²) in [5.41, 5.74) is 3.70. The molecule has 134 valence electrons. The monoisotopic (exact) mass is 369 g/mol. The standard InChI is InChI=1S/C19H19N3O3S/c1-12-7-8-13(2)16(9-12)20-17(23)11-26-19-22-21-18(25-19)14-5-4-6-15(10-14)24-3/h4-10H,11H2,1-3H3,(H,20,23). The Hall–Kier alpha value is -2.80. The van der Waals surface area contributed by atoms with Crippen LogP contribution in [0.5, 0.6) is 5.75 Å². The molecule has 2 aromatic carbocycles. The van der Waals surface area contributed by atoms with E-state index in [2.05, 4.69) is 15.5 Å². The zero-order valence-corrected chi connectivity index (χ0v) is 15.6. The first kappa shape index (κ1) is 18.0. The predicted molar refractivity (Wildman–Crippen MR) is 102 cm³/mol. The Kier molecular flexibility index (Phi) is 5.58. The van der Waals surface area contributed by atoms with Crippen LogP contribution in [0.25, 0.3) is 11.5 Å². The zero-order valence-electron chi connectivity index (χ0n) is 14.8. The number of carbonyl (C=O) groups excluding carboxylic acids is 1. The van der Waals surface area contributed by atoms with E-state index in [-0.39, 0.29) is 11.7 Å². The Morgan fingerprint density at radius 1 is 1.19 bits per heavy atom. The van der Waals surface area contributed by atoms with Gasteiger partial charge < -0.3 is 14.5 Å². The fourth-order valence-corrected chi connectivity index (χ4v) is 2.89. The smallest absolute Gasteiger partial charge is 0.277 e. The summed E-state index contributed by atoms with van der Waals surface area (Å²) in [7, 11) is 1.60. The minimum Gasteiger partial charge on any atom is -0.497 e. The van der Waals surface area contributed by atoms with Crippen molar-refractivity contribution in [3.05, 3.63) is 53.6 Å². The van der Waals surface area contributed by atoms with Gasteiger partial charge in [-0.1, -0.05) is 30.0 Å². The maximum atomic E-state index is 12.2. The number of aryl methyl sites for hydroxylation is 2. The Morgan fingerprint density at radius 3 is 2.85 bits per heavy atom. The average molecular weight is 369 g/mol. The number of amides is 1. The van der Waals surface area contributed by atoms with Crippen LogP contribution in [-0.4, -0.2) is 29.0 Å². The van der Waals surface area contributed by atoms with Crippen LogP contribution in [0.3, 0.4) is 0 Å². The van der Waals surface area contributed by atoms with Crippen molar-refractivity contribution in [2.45, 2.75) is 19.1 Å². The molecule has 0 saturated carbocycles. The SMILES string of the molecule is COc1cccc(-c2nnc(SCC(=O)Nc3cc(C)ccc3C)o2)c1. The summed E-state index contributed by atoms with van der Waals surface area (Å²) < 4.78 is 10.8. The van der Waals surface area contributed by atoms with E-state index in [1.807, 2.05) is 56.3 Å². The van der Waals surface area contributed by atoms with Gasteiger partial charge in [-0.2, -0.15) is 0 Å². The first-order chi connectivity index (χ1) is 12.5. The highest BCUT2D eigenvalue weighted by Crippen LogP contribution is 2.26. The molecule has 3 rings (SSSR count). The van der Waals surface area contributed by atoms with Crippen molar-refractivity contribution in [3.63, 3.8) is 0 Å². The molecule has 0 unspecified atom stereocenters. The van der Waals surface area contributed by atoms with Crippen molar-refractivity contribution in [2.75, 3.05) is 18.2 Å². The van der Waals surface area contributed by atoms with Crippen LogP contribution < -0.4 is 10.1 Å². The van der Waals surface area contributed by atoms with Crippen LogP contribution in [0.1, 0.15) is 11.1 Å². The molecule has 0 atom stereocenters. The molecule has 1 N–H and O–H groups in total. The van der Waals surface area contributed by atoms with Crippen molar-refractivity contribution >= 4 is 23.4 Å². The number of thioether (sulfide) groups is 1. The highest BCUT2D eigenvalue weighted by Gasteiger charge is 2.12. The lowest BCUT2D eigenvalue weighted by atomic mass is 10.1. The lowest BCUT2D eigenvalue weighted by Gasteiger charge is -2.08. The number of nitrogens with zero attached hydrogens (tertiary/aromatic N) is 2. The van der Waals surface area contributed by atoms with E-state index in [9.17, 15) is 4.79 Å². The van der Waals surface area contributed by atoms with Gasteiger partial charge in [0, 0.05) is 11.3 Å². The van der Waals surface area contributed by atoms with Crippen LogP contribution in [0, 0.1) is 13.8 Å². The van der Waals surface area contributed by atoms with Gasteiger partial charge >= 0.3 is 0 Å². The minimum absolute atomic E-state index is 0.121. The molecule has 0 saturated heterocycles. The summed E-state index contributed by atoms with van der Waals surface area (Å²) in [5, 5.41) is 11.3. The maximum Gasteiger partial charge on any atom is 0.277 e. The molecule has 6 nitrogen and oxygen atoms in total. The molecule has 0 fully saturated rings. The van der Waals surface area contributed by atoms with E-state index in [4.69, 9.17) is 9.15 Å². The first-order valence-electron chi connectivity index (χ1n) is 8.03. The van der Waals surface area contributed by atoms with Crippen LogP contribution in [0.4, 0.5) is 5.69 Å². The van der Waals surface area contributed by atoms with E-state index in [0.717, 1.165) is 22.4 Å². The molecule has 0 bridgehead atoms. The third kappa shape index (κ3) is 4.43. The number of nitrogens with one attached hydrogen (secondary N) is 1. The molecule has 0 aliphatic carbocycles. The molecule has 26 heavy (non-hydrogen) atoms. The van der Waals surface area contributed by atoms with E-state index >= 15 is 0 Å². The second-order valence-electron chi connectivity index (χ2n) is 5.76. The van der Waals surface area contributed by atoms with Gasteiger partial charge in [-0.25, -0.2) is 0 Å². The number of aromatic nitrogens is 2. The molecular formula is C19H19N3O3S. The average Bonchev–Trinajstić information content (AvgIpc) is 3.12. The number of rotatable bonds is 6. The van der Waals surface area contributed by atoms with E-state index in [0.29, 0.717) is 16.9 Å². The number of ether oxygens (including phenoxy) is 1. The highest BCUT2D eigenvalue weighted by atomic mass is 32.2. The Labute approximate surface area is 156 Å². The number of benzene rings is 2. The summed E-state index contributed by atoms with van der Waals surface area (Å²) in [4.78, 5) is 12.2. The largest absolute Gasteiger partial charge is 0.497 e. The molecule has 7 heteroatoms. The van der Waals surface area contributed by atoms with Gasteiger partial charge in [0.1, 0.15) is 5.75 Å². The van der Waals surface area contributed by atoms with Crippen LogP contribution in [0.2, 0.25) is 0 Å². The number of hydrogen-bond donors (Lipinski definition) is 1. The summed E-state index contributed by atoms with van der Waals surface area (Å²) in [5.74, 6) is 1.17. The van der Waals surface area contributed by atoms with Gasteiger partial charge in [-0.15, -0.1) is 10.2 Å². The van der Waals surface area contributed by atoms with Crippen molar-refractivity contribution < 1.29 is 13.9 Å². The first-order valence-corrected chi connectivity index (χ1v) is 9.01. The van der Waals surface area contributed by atoms with Crippen molar-refractivity contribution in [1.82, 2.24) is 10.2 Å². The molecule has 0 aliphatic heterocycles. The van der Waals surface area contributed by atoms with Crippen LogP contribution >= 0.6 is 11.8 Å². The summed E-state index contributed by atoms with van der Waals surface area (Å²) in [6, 6.07) is 13.3. The fraction of sp³-hybridized carbons (Fsp3) is 0.211. The number of carbonyl (C=O) groups is 1. The Balaban J connectivity index is 1.61. The lowest BCUT2D eigenvalue weighted by molar-refractivity contribution is -0.113. The molecule has 0 aliphatic rings. The number of anilines is 1. The predicted octanol–water partition coefficient (Wildman–Crippen LogP) is 4.09. The second-order valence-corrected chi connectivity index (χ2v) is 6.69. The van der Waals surface area contributed by atoms with Crippen molar-refractivity contribution in [3.8, 4) is 17.2 Å². The van der Waals surface area contributed by atoms with Crippen molar-refractivity contribution in [2.24, 2.45) is 0 Å². The lowest BCUT2D eigenvalue weighted by Crippen LogP contribution is -2.14. The summed E-state index contributed by atoms with van der Waals surface area (Å²) in [6.07, 6.45) is 0. The van der Waals surface area contributed by atoms with Crippen molar-refractivity contribution in [1.29, 1.82) is 0 Å². The molecule has 3 aromatic rings. The Bertz CT molecular complexity index is 924. The van der Waals surface area contributed by atoms with Gasteiger partial charge in [0.25, 0.3) is 5.22 Å². The van der Waals surface area contributed by atoms with E-state index < -0.39 is 0 Å². The molecule has 1 heterocycles. The van der Waals surface area contributed by atoms with Gasteiger partial charge in [0.05, 0.1) is 12.9 Å². The molecule has 0 radical (unpaired) electrons. The summed E-state index contributed by atoms with van der Waals surface area (Å²) >= 11 is 1.20. The Morgan fingerprint density at radius 2 is 2.04 bits per heavy atom. The normalized spacial score (nSPS) is 10.6. The minimum atomic E-state index is -0.121.